The molecular formula is C15H17N2O2+. The number of rotatable bonds is 3. The maximum Gasteiger partial charge on any atom is 0.216 e. The van der Waals surface area contributed by atoms with Gasteiger partial charge in [0.05, 0.1) is 25.3 Å². The van der Waals surface area contributed by atoms with Crippen LogP contribution in [-0.4, -0.2) is 14.2 Å². The lowest BCUT2D eigenvalue weighted by Crippen LogP contribution is -2.36. The molecule has 0 unspecified atom stereocenters. The Hall–Kier alpha value is -2.23. The lowest BCUT2D eigenvalue weighted by molar-refractivity contribution is -0.693. The number of pyridine rings is 1. The molecule has 2 heterocycles. The Bertz CT molecular complexity index is 678. The fourth-order valence-corrected chi connectivity index (χ4v) is 2.61. The molecule has 0 spiro atoms. The first-order valence-electron chi connectivity index (χ1n) is 6.34. The number of benzene rings is 1. The van der Waals surface area contributed by atoms with Gasteiger partial charge in [-0.1, -0.05) is 0 Å². The molecule has 1 aromatic carbocycles. The number of aryl methyl sites for hydroxylation is 1. The molecule has 98 valence electrons. The van der Waals surface area contributed by atoms with Crippen LogP contribution >= 0.6 is 0 Å². The van der Waals surface area contributed by atoms with Crippen molar-refractivity contribution in [3.8, 4) is 11.5 Å². The van der Waals surface area contributed by atoms with E-state index in [-0.39, 0.29) is 0 Å². The highest BCUT2D eigenvalue weighted by Crippen LogP contribution is 2.43. The third-order valence-corrected chi connectivity index (χ3v) is 3.51. The summed E-state index contributed by atoms with van der Waals surface area (Å²) in [7, 11) is 3.32. The molecule has 0 bridgehead atoms. The third kappa shape index (κ3) is 1.63. The van der Waals surface area contributed by atoms with Crippen LogP contribution in [0.2, 0.25) is 0 Å². The van der Waals surface area contributed by atoms with Crippen molar-refractivity contribution in [1.82, 2.24) is 0 Å². The molecule has 0 aliphatic carbocycles. The van der Waals surface area contributed by atoms with Crippen molar-refractivity contribution < 1.29 is 14.0 Å². The summed E-state index contributed by atoms with van der Waals surface area (Å²) >= 11 is 0. The molecule has 3 rings (SSSR count). The summed E-state index contributed by atoms with van der Waals surface area (Å²) in [5, 5.41) is 5.59. The summed E-state index contributed by atoms with van der Waals surface area (Å²) in [5.41, 5.74) is 2.16. The quantitative estimate of drug-likeness (QED) is 0.858. The van der Waals surface area contributed by atoms with Crippen LogP contribution in [0.4, 0.5) is 5.69 Å². The molecule has 19 heavy (non-hydrogen) atoms. The number of ether oxygens (including phenoxy) is 2. The minimum absolute atomic E-state index is 0.744. The lowest BCUT2D eigenvalue weighted by Gasteiger charge is -2.18. The van der Waals surface area contributed by atoms with Gasteiger partial charge in [0.25, 0.3) is 0 Å². The number of hydrogen-bond donors (Lipinski definition) is 1. The molecule has 0 atom stereocenters. The van der Waals surface area contributed by atoms with Gasteiger partial charge >= 0.3 is 0 Å². The zero-order valence-corrected chi connectivity index (χ0v) is 11.4. The summed E-state index contributed by atoms with van der Waals surface area (Å²) in [6, 6.07) is 4.12. The first-order valence-corrected chi connectivity index (χ1v) is 6.34. The molecule has 1 aliphatic rings. The predicted molar refractivity (Wildman–Crippen MR) is 75.6 cm³/mol. The lowest BCUT2D eigenvalue weighted by atomic mass is 10.0. The van der Waals surface area contributed by atoms with Crippen molar-refractivity contribution in [2.45, 2.75) is 13.5 Å². The van der Waals surface area contributed by atoms with Crippen molar-refractivity contribution >= 4 is 22.5 Å². The van der Waals surface area contributed by atoms with Gasteiger partial charge < -0.3 is 14.8 Å². The first kappa shape index (κ1) is 11.8. The summed E-state index contributed by atoms with van der Waals surface area (Å²) in [6.07, 6.45) is 6.12. The van der Waals surface area contributed by atoms with Gasteiger partial charge in [-0.3, -0.25) is 0 Å². The maximum absolute atomic E-state index is 5.50. The van der Waals surface area contributed by atoms with Crippen LogP contribution in [0.3, 0.4) is 0 Å². The Morgan fingerprint density at radius 2 is 2.11 bits per heavy atom. The van der Waals surface area contributed by atoms with E-state index in [9.17, 15) is 0 Å². The molecule has 1 N–H and O–H groups in total. The summed E-state index contributed by atoms with van der Waals surface area (Å²) < 4.78 is 13.1. The molecule has 1 aliphatic heterocycles. The van der Waals surface area contributed by atoms with Gasteiger partial charge in [-0.05, 0) is 13.0 Å². The second-order valence-corrected chi connectivity index (χ2v) is 4.42. The number of nitrogens with one attached hydrogen (secondary N) is 1. The Kier molecular flexibility index (Phi) is 2.78. The minimum Gasteiger partial charge on any atom is -0.493 e. The molecule has 1 aromatic heterocycles. The van der Waals surface area contributed by atoms with Crippen LogP contribution in [0.15, 0.2) is 24.5 Å². The Morgan fingerprint density at radius 1 is 1.26 bits per heavy atom. The molecule has 0 saturated heterocycles. The number of methoxy groups -OCH3 is 2. The van der Waals surface area contributed by atoms with Crippen LogP contribution in [0, 0.1) is 0 Å². The van der Waals surface area contributed by atoms with Crippen LogP contribution < -0.4 is 19.4 Å². The van der Waals surface area contributed by atoms with E-state index < -0.39 is 0 Å². The van der Waals surface area contributed by atoms with Crippen molar-refractivity contribution in [3.63, 3.8) is 0 Å². The van der Waals surface area contributed by atoms with E-state index >= 15 is 0 Å². The topological polar surface area (TPSA) is 34.4 Å². The maximum atomic E-state index is 5.50. The third-order valence-electron chi connectivity index (χ3n) is 3.51. The molecule has 0 amide bonds. The fraction of sp³-hybridized carbons (Fsp3) is 0.267. The number of anilines is 1. The highest BCUT2D eigenvalue weighted by Gasteiger charge is 2.23. The van der Waals surface area contributed by atoms with Crippen molar-refractivity contribution in [2.75, 3.05) is 19.5 Å². The monoisotopic (exact) mass is 257 g/mol. The van der Waals surface area contributed by atoms with Gasteiger partial charge in [-0.15, -0.1) is 0 Å². The number of nitrogens with zero attached hydrogens (tertiary/aromatic N) is 1. The predicted octanol–water partition coefficient (Wildman–Crippen LogP) is 2.56. The van der Waals surface area contributed by atoms with E-state index in [1.165, 1.54) is 11.1 Å². The second kappa shape index (κ2) is 4.46. The molecule has 4 heteroatoms. The van der Waals surface area contributed by atoms with Gasteiger partial charge in [-0.25, -0.2) is 0 Å². The zero-order valence-electron chi connectivity index (χ0n) is 11.4. The van der Waals surface area contributed by atoms with Crippen molar-refractivity contribution in [1.29, 1.82) is 0 Å². The molecule has 0 radical (unpaired) electrons. The minimum atomic E-state index is 0.744. The van der Waals surface area contributed by atoms with Crippen LogP contribution in [0.5, 0.6) is 11.5 Å². The van der Waals surface area contributed by atoms with E-state index in [0.29, 0.717) is 0 Å². The van der Waals surface area contributed by atoms with E-state index in [2.05, 4.69) is 35.1 Å². The average molecular weight is 257 g/mol. The van der Waals surface area contributed by atoms with Crippen molar-refractivity contribution in [3.05, 3.63) is 30.2 Å². The van der Waals surface area contributed by atoms with Gasteiger partial charge in [0.2, 0.25) is 5.69 Å². The SMILES string of the molecule is CC[n+]1ccc2cc(OC)c(OC)c3c2c1C=CN3. The molecule has 4 nitrogen and oxygen atoms in total. The largest absolute Gasteiger partial charge is 0.493 e. The van der Waals surface area contributed by atoms with Crippen LogP contribution in [0.1, 0.15) is 12.6 Å². The molecule has 0 fully saturated rings. The normalized spacial score (nSPS) is 12.4. The smallest absolute Gasteiger partial charge is 0.216 e. The van der Waals surface area contributed by atoms with Gasteiger partial charge in [0.1, 0.15) is 6.54 Å². The molecular weight excluding hydrogens is 240 g/mol. The van der Waals surface area contributed by atoms with E-state index in [4.69, 9.17) is 9.47 Å². The second-order valence-electron chi connectivity index (χ2n) is 4.42. The molecule has 2 aromatic rings. The number of aromatic nitrogens is 1. The standard InChI is InChI=1S/C15H16N2O2/c1-4-17-8-6-10-9-12(18-2)15(19-3)14-13(10)11(17)5-7-16-14/h5-9H,4H2,1-3H3/p+1. The van der Waals surface area contributed by atoms with E-state index in [0.717, 1.165) is 29.1 Å². The average Bonchev–Trinajstić information content (AvgIpc) is 2.47. The number of hydrogen-bond acceptors (Lipinski definition) is 3. The van der Waals surface area contributed by atoms with E-state index in [1.807, 2.05) is 12.3 Å². The molecule has 0 saturated carbocycles. The van der Waals surface area contributed by atoms with Gasteiger partial charge in [0.15, 0.2) is 17.7 Å². The van der Waals surface area contributed by atoms with Crippen molar-refractivity contribution in [2.24, 2.45) is 0 Å². The van der Waals surface area contributed by atoms with E-state index in [1.54, 1.807) is 14.2 Å². The Balaban J connectivity index is 2.44. The summed E-state index contributed by atoms with van der Waals surface area (Å²) in [6.45, 7) is 3.07. The first-order chi connectivity index (χ1) is 9.30. The highest BCUT2D eigenvalue weighted by molar-refractivity contribution is 6.04. The fourth-order valence-electron chi connectivity index (χ4n) is 2.61. The van der Waals surface area contributed by atoms with Crippen LogP contribution in [-0.2, 0) is 6.54 Å². The summed E-state index contributed by atoms with van der Waals surface area (Å²) in [4.78, 5) is 0. The van der Waals surface area contributed by atoms with Gasteiger partial charge in [0, 0.05) is 23.7 Å². The highest BCUT2D eigenvalue weighted by atomic mass is 16.5. The van der Waals surface area contributed by atoms with Crippen LogP contribution in [0.25, 0.3) is 16.8 Å². The van der Waals surface area contributed by atoms with Gasteiger partial charge in [-0.2, -0.15) is 4.57 Å². The Labute approximate surface area is 112 Å². The Morgan fingerprint density at radius 3 is 2.79 bits per heavy atom. The zero-order chi connectivity index (χ0) is 13.4. The summed E-state index contributed by atoms with van der Waals surface area (Å²) in [5.74, 6) is 1.49.